The molecule has 2 nitrogen and oxygen atoms in total. The maximum absolute atomic E-state index is 12.1. The van der Waals surface area contributed by atoms with Gasteiger partial charge in [-0.25, -0.2) is 0 Å². The summed E-state index contributed by atoms with van der Waals surface area (Å²) >= 11 is 0. The van der Waals surface area contributed by atoms with Crippen molar-refractivity contribution in [1.82, 2.24) is 0 Å². The molecule has 69 heavy (non-hydrogen) atoms. The number of hydrogen-bond donors (Lipinski definition) is 0. The Bertz CT molecular complexity index is 882. The molecule has 0 saturated heterocycles. The minimum absolute atomic E-state index is 0.0376. The van der Waals surface area contributed by atoms with Crippen LogP contribution in [0.1, 0.15) is 418 Å². The van der Waals surface area contributed by atoms with Crippen molar-refractivity contribution in [3.05, 3.63) is 0 Å². The van der Waals surface area contributed by atoms with Crippen LogP contribution in [0, 0.1) is 0 Å². The SMILES string of the molecule is CCCCCCCCCCCCCCCCCCCCCCCCCCCCCCCCCCCCCCCC(=O)OCCCCCCCCCCCCCCCCCCCCCCCCCCC. The maximum Gasteiger partial charge on any atom is 0.305 e. The summed E-state index contributed by atoms with van der Waals surface area (Å²) in [5.74, 6) is 0.0376. The summed E-state index contributed by atoms with van der Waals surface area (Å²) in [6.45, 7) is 5.25. The first-order valence-corrected chi connectivity index (χ1v) is 33.5. The molecule has 0 aromatic carbocycles. The summed E-state index contributed by atoms with van der Waals surface area (Å²) < 4.78 is 5.53. The van der Waals surface area contributed by atoms with Crippen molar-refractivity contribution in [1.29, 1.82) is 0 Å². The molecular weight excluding hydrogens is 837 g/mol. The molecule has 0 aromatic rings. The predicted molar refractivity (Wildman–Crippen MR) is 313 cm³/mol. The van der Waals surface area contributed by atoms with E-state index in [1.54, 1.807) is 0 Å². The number of carbonyl (C=O) groups excluding carboxylic acids is 1. The Balaban J connectivity index is 3.14. The fourth-order valence-electron chi connectivity index (χ4n) is 11.0. The standard InChI is InChI=1S/C67H134O2/c1-3-5-7-9-11-13-15-17-19-21-23-25-27-29-30-31-32-33-34-35-36-37-38-39-40-41-43-45-47-49-51-53-55-57-59-61-63-65-67(68)69-66-64-62-60-58-56-54-52-50-48-46-44-42-28-26-24-22-20-18-16-14-12-10-8-6-4-2/h3-66H2,1-2H3. The molecule has 0 N–H and O–H groups in total. The van der Waals surface area contributed by atoms with E-state index in [1.165, 1.54) is 385 Å². The summed E-state index contributed by atoms with van der Waals surface area (Å²) in [5.41, 5.74) is 0. The highest BCUT2D eigenvalue weighted by atomic mass is 16.5. The molecule has 0 aliphatic rings. The highest BCUT2D eigenvalue weighted by Crippen LogP contribution is 2.20. The molecule has 0 atom stereocenters. The highest BCUT2D eigenvalue weighted by Gasteiger charge is 2.04. The Morgan fingerprint density at radius 1 is 0.188 bits per heavy atom. The molecule has 0 saturated carbocycles. The van der Waals surface area contributed by atoms with E-state index in [9.17, 15) is 4.79 Å². The van der Waals surface area contributed by atoms with Crippen molar-refractivity contribution >= 4 is 5.97 Å². The molecule has 0 aliphatic carbocycles. The van der Waals surface area contributed by atoms with E-state index in [0.717, 1.165) is 12.8 Å². The first-order chi connectivity index (χ1) is 34.3. The van der Waals surface area contributed by atoms with Gasteiger partial charge in [0, 0.05) is 6.42 Å². The summed E-state index contributed by atoms with van der Waals surface area (Å²) in [5, 5.41) is 0. The summed E-state index contributed by atoms with van der Waals surface area (Å²) in [7, 11) is 0. The molecule has 0 rings (SSSR count). The van der Waals surface area contributed by atoms with Gasteiger partial charge in [0.05, 0.1) is 6.61 Å². The molecule has 0 aromatic heterocycles. The predicted octanol–water partition coefficient (Wildman–Crippen LogP) is 25.1. The van der Waals surface area contributed by atoms with E-state index in [2.05, 4.69) is 13.8 Å². The van der Waals surface area contributed by atoms with Gasteiger partial charge in [0.1, 0.15) is 0 Å². The van der Waals surface area contributed by atoms with Crippen LogP contribution in [-0.2, 0) is 9.53 Å². The average molecular weight is 972 g/mol. The summed E-state index contributed by atoms with van der Waals surface area (Å²) in [6, 6.07) is 0. The third-order valence-electron chi connectivity index (χ3n) is 16.0. The minimum atomic E-state index is 0.0376. The lowest BCUT2D eigenvalue weighted by Gasteiger charge is -2.06. The number of hydrogen-bond acceptors (Lipinski definition) is 2. The Morgan fingerprint density at radius 2 is 0.319 bits per heavy atom. The van der Waals surface area contributed by atoms with Crippen molar-refractivity contribution < 1.29 is 9.53 Å². The zero-order valence-electron chi connectivity index (χ0n) is 48.6. The van der Waals surface area contributed by atoms with Gasteiger partial charge in [-0.05, 0) is 12.8 Å². The maximum atomic E-state index is 12.1. The van der Waals surface area contributed by atoms with Crippen LogP contribution in [0.2, 0.25) is 0 Å². The second kappa shape index (κ2) is 65.5. The van der Waals surface area contributed by atoms with E-state index in [0.29, 0.717) is 13.0 Å². The second-order valence-electron chi connectivity index (χ2n) is 23.2. The average Bonchev–Trinajstić information content (AvgIpc) is 3.36. The molecule has 0 unspecified atom stereocenters. The van der Waals surface area contributed by atoms with Crippen LogP contribution in [0.25, 0.3) is 0 Å². The lowest BCUT2D eigenvalue weighted by Crippen LogP contribution is -2.05. The molecular formula is C67H134O2. The van der Waals surface area contributed by atoms with Crippen LogP contribution in [0.4, 0.5) is 0 Å². The monoisotopic (exact) mass is 971 g/mol. The second-order valence-corrected chi connectivity index (χ2v) is 23.2. The van der Waals surface area contributed by atoms with Gasteiger partial charge in [0.15, 0.2) is 0 Å². The molecule has 0 amide bonds. The number of rotatable bonds is 64. The largest absolute Gasteiger partial charge is 0.466 e. The third kappa shape index (κ3) is 65.5. The van der Waals surface area contributed by atoms with Gasteiger partial charge in [-0.1, -0.05) is 399 Å². The fourth-order valence-corrected chi connectivity index (χ4v) is 11.0. The lowest BCUT2D eigenvalue weighted by atomic mass is 10.0. The molecule has 0 spiro atoms. The lowest BCUT2D eigenvalue weighted by molar-refractivity contribution is -0.143. The van der Waals surface area contributed by atoms with E-state index >= 15 is 0 Å². The smallest absolute Gasteiger partial charge is 0.305 e. The van der Waals surface area contributed by atoms with Gasteiger partial charge in [-0.15, -0.1) is 0 Å². The van der Waals surface area contributed by atoms with Gasteiger partial charge in [0.25, 0.3) is 0 Å². The van der Waals surface area contributed by atoms with E-state index < -0.39 is 0 Å². The summed E-state index contributed by atoms with van der Waals surface area (Å²) in [4.78, 5) is 12.1. The van der Waals surface area contributed by atoms with Crippen molar-refractivity contribution in [3.63, 3.8) is 0 Å². The van der Waals surface area contributed by atoms with Gasteiger partial charge < -0.3 is 4.74 Å². The molecule has 0 fully saturated rings. The van der Waals surface area contributed by atoms with Crippen molar-refractivity contribution in [3.8, 4) is 0 Å². The molecule has 0 bridgehead atoms. The van der Waals surface area contributed by atoms with Crippen LogP contribution >= 0.6 is 0 Å². The molecule has 0 heterocycles. The normalized spacial score (nSPS) is 11.6. The van der Waals surface area contributed by atoms with E-state index in [4.69, 9.17) is 4.74 Å². The van der Waals surface area contributed by atoms with Gasteiger partial charge in [-0.3, -0.25) is 4.79 Å². The Kier molecular flexibility index (Phi) is 65.0. The van der Waals surface area contributed by atoms with Gasteiger partial charge >= 0.3 is 5.97 Å². The van der Waals surface area contributed by atoms with Gasteiger partial charge in [-0.2, -0.15) is 0 Å². The first kappa shape index (κ1) is 68.5. The van der Waals surface area contributed by atoms with Crippen LogP contribution in [-0.4, -0.2) is 12.6 Å². The van der Waals surface area contributed by atoms with Gasteiger partial charge in [0.2, 0.25) is 0 Å². The van der Waals surface area contributed by atoms with Crippen LogP contribution in [0.3, 0.4) is 0 Å². The van der Waals surface area contributed by atoms with Crippen molar-refractivity contribution in [2.24, 2.45) is 0 Å². The Labute approximate surface area is 438 Å². The number of esters is 1. The first-order valence-electron chi connectivity index (χ1n) is 33.5. The van der Waals surface area contributed by atoms with E-state index in [1.807, 2.05) is 0 Å². The number of ether oxygens (including phenoxy) is 1. The Hall–Kier alpha value is -0.530. The summed E-state index contributed by atoms with van der Waals surface area (Å²) in [6.07, 6.45) is 89.2. The zero-order valence-corrected chi connectivity index (χ0v) is 48.6. The number of carbonyl (C=O) groups is 1. The minimum Gasteiger partial charge on any atom is -0.466 e. The zero-order chi connectivity index (χ0) is 49.5. The molecule has 0 radical (unpaired) electrons. The highest BCUT2D eigenvalue weighted by molar-refractivity contribution is 5.69. The Morgan fingerprint density at radius 3 is 0.478 bits per heavy atom. The molecule has 2 heteroatoms. The molecule has 0 aliphatic heterocycles. The quantitative estimate of drug-likeness (QED) is 0.0448. The van der Waals surface area contributed by atoms with Crippen molar-refractivity contribution in [2.45, 2.75) is 418 Å². The third-order valence-corrected chi connectivity index (χ3v) is 16.0. The fraction of sp³-hybridized carbons (Fsp3) is 0.985. The molecule has 414 valence electrons. The number of unbranched alkanes of at least 4 members (excludes halogenated alkanes) is 60. The van der Waals surface area contributed by atoms with Crippen molar-refractivity contribution in [2.75, 3.05) is 6.61 Å². The van der Waals surface area contributed by atoms with Crippen LogP contribution in [0.15, 0.2) is 0 Å². The topological polar surface area (TPSA) is 26.3 Å². The van der Waals surface area contributed by atoms with Crippen LogP contribution in [0.5, 0.6) is 0 Å². The van der Waals surface area contributed by atoms with E-state index in [-0.39, 0.29) is 5.97 Å². The van der Waals surface area contributed by atoms with Crippen LogP contribution < -0.4 is 0 Å².